The van der Waals surface area contributed by atoms with Crippen molar-refractivity contribution in [1.29, 1.82) is 0 Å². The Morgan fingerprint density at radius 3 is 2.42 bits per heavy atom. The number of hydrogen-bond acceptors (Lipinski definition) is 2. The molecule has 1 heterocycles. The van der Waals surface area contributed by atoms with Gasteiger partial charge in [-0.25, -0.2) is 0 Å². The fourth-order valence-electron chi connectivity index (χ4n) is 2.55. The van der Waals surface area contributed by atoms with Gasteiger partial charge in [0.05, 0.1) is 0 Å². The van der Waals surface area contributed by atoms with Crippen LogP contribution in [0.2, 0.25) is 0 Å². The van der Waals surface area contributed by atoms with E-state index in [1.807, 2.05) is 0 Å². The molecule has 0 aromatic rings. The van der Waals surface area contributed by atoms with Crippen molar-refractivity contribution in [3.63, 3.8) is 0 Å². The van der Waals surface area contributed by atoms with Crippen LogP contribution in [0.5, 0.6) is 0 Å². The van der Waals surface area contributed by atoms with Gasteiger partial charge in [0.2, 0.25) is 0 Å². The lowest BCUT2D eigenvalue weighted by Crippen LogP contribution is -2.50. The van der Waals surface area contributed by atoms with Gasteiger partial charge in [-0.05, 0) is 38.3 Å². The second kappa shape index (κ2) is 3.75. The molecule has 0 bridgehead atoms. The molecule has 1 N–H and O–H groups in total. The summed E-state index contributed by atoms with van der Waals surface area (Å²) in [5.41, 5.74) is 0. The molecule has 0 radical (unpaired) electrons. The Labute approximate surface area is 74.6 Å². The van der Waals surface area contributed by atoms with Crippen molar-refractivity contribution in [2.45, 2.75) is 38.1 Å². The average molecular weight is 169 g/mol. The third-order valence-corrected chi connectivity index (χ3v) is 3.46. The summed E-state index contributed by atoms with van der Waals surface area (Å²) < 4.78 is 0. The van der Waals surface area contributed by atoms with Crippen LogP contribution < -0.4 is 0 Å². The molecule has 1 aliphatic carbocycles. The molecule has 0 aromatic heterocycles. The molecular formula is C10H19NO. The highest BCUT2D eigenvalue weighted by molar-refractivity contribution is 4.86. The normalized spacial score (nSPS) is 37.8. The van der Waals surface area contributed by atoms with E-state index < -0.39 is 0 Å². The summed E-state index contributed by atoms with van der Waals surface area (Å²) >= 11 is 0. The van der Waals surface area contributed by atoms with E-state index in [9.17, 15) is 5.11 Å². The van der Waals surface area contributed by atoms with Gasteiger partial charge in [0.15, 0.2) is 0 Å². The van der Waals surface area contributed by atoms with Gasteiger partial charge < -0.3 is 5.11 Å². The predicted molar refractivity (Wildman–Crippen MR) is 49.0 cm³/mol. The van der Waals surface area contributed by atoms with E-state index in [2.05, 4.69) is 4.90 Å². The quantitative estimate of drug-likeness (QED) is 0.672. The topological polar surface area (TPSA) is 23.5 Å². The largest absolute Gasteiger partial charge is 0.396 e. The molecule has 2 atom stereocenters. The Bertz CT molecular complexity index is 145. The molecule has 1 saturated heterocycles. The predicted octanol–water partition coefficient (Wildman–Crippen LogP) is 1.24. The van der Waals surface area contributed by atoms with E-state index in [0.717, 1.165) is 6.04 Å². The smallest absolute Gasteiger partial charge is 0.0474 e. The lowest BCUT2D eigenvalue weighted by Gasteiger charge is -2.44. The maximum absolute atomic E-state index is 9.20. The summed E-state index contributed by atoms with van der Waals surface area (Å²) in [6, 6.07) is 0.720. The minimum absolute atomic E-state index is 0.404. The van der Waals surface area contributed by atoms with Gasteiger partial charge in [-0.15, -0.1) is 0 Å². The van der Waals surface area contributed by atoms with Gasteiger partial charge in [-0.2, -0.15) is 0 Å². The zero-order valence-corrected chi connectivity index (χ0v) is 7.71. The number of likely N-dealkylation sites (tertiary alicyclic amines) is 1. The Morgan fingerprint density at radius 1 is 1.08 bits per heavy atom. The Morgan fingerprint density at radius 2 is 1.83 bits per heavy atom. The van der Waals surface area contributed by atoms with E-state index in [1.54, 1.807) is 0 Å². The Kier molecular flexibility index (Phi) is 2.66. The van der Waals surface area contributed by atoms with E-state index in [4.69, 9.17) is 0 Å². The summed E-state index contributed by atoms with van der Waals surface area (Å²) in [6.07, 6.45) is 6.64. The molecule has 0 spiro atoms. The second-order valence-electron chi connectivity index (χ2n) is 4.18. The molecule has 0 amide bonds. The van der Waals surface area contributed by atoms with Gasteiger partial charge in [0, 0.05) is 12.6 Å². The molecule has 0 aromatic carbocycles. The van der Waals surface area contributed by atoms with Gasteiger partial charge in [-0.1, -0.05) is 12.8 Å². The molecule has 2 nitrogen and oxygen atoms in total. The fraction of sp³-hybridized carbons (Fsp3) is 1.00. The molecule has 1 saturated carbocycles. The summed E-state index contributed by atoms with van der Waals surface area (Å²) in [6.45, 7) is 2.96. The van der Waals surface area contributed by atoms with Crippen molar-refractivity contribution in [2.24, 2.45) is 5.92 Å². The minimum atomic E-state index is 0.404. The van der Waals surface area contributed by atoms with Crippen LogP contribution in [0.15, 0.2) is 0 Å². The number of nitrogens with zero attached hydrogens (tertiary/aromatic N) is 1. The van der Waals surface area contributed by atoms with Crippen LogP contribution in [0.1, 0.15) is 32.1 Å². The van der Waals surface area contributed by atoms with Gasteiger partial charge >= 0.3 is 0 Å². The first kappa shape index (κ1) is 8.52. The van der Waals surface area contributed by atoms with Crippen LogP contribution in [0.25, 0.3) is 0 Å². The van der Waals surface area contributed by atoms with E-state index in [1.165, 1.54) is 45.2 Å². The lowest BCUT2D eigenvalue weighted by molar-refractivity contribution is 0.0274. The van der Waals surface area contributed by atoms with Crippen molar-refractivity contribution >= 4 is 0 Å². The van der Waals surface area contributed by atoms with Crippen LogP contribution in [0, 0.1) is 5.92 Å². The third-order valence-electron chi connectivity index (χ3n) is 3.46. The zero-order chi connectivity index (χ0) is 8.39. The molecule has 70 valence electrons. The summed E-state index contributed by atoms with van der Waals surface area (Å²) in [5.74, 6) is 0.582. The molecule has 2 aliphatic rings. The Balaban J connectivity index is 1.90. The fourth-order valence-corrected chi connectivity index (χ4v) is 2.55. The van der Waals surface area contributed by atoms with Crippen molar-refractivity contribution in [3.8, 4) is 0 Å². The summed E-state index contributed by atoms with van der Waals surface area (Å²) in [7, 11) is 0. The van der Waals surface area contributed by atoms with Crippen molar-refractivity contribution in [2.75, 3.05) is 19.7 Å². The lowest BCUT2D eigenvalue weighted by atomic mass is 9.83. The first-order chi connectivity index (χ1) is 5.92. The molecular weight excluding hydrogens is 150 g/mol. The van der Waals surface area contributed by atoms with Crippen LogP contribution in [-0.4, -0.2) is 35.7 Å². The SMILES string of the molecule is OCC1CCCC[C@@H]1N1CCC1. The average Bonchev–Trinajstić information content (AvgIpc) is 2.02. The maximum Gasteiger partial charge on any atom is 0.0474 e. The number of hydrogen-bond donors (Lipinski definition) is 1. The Hall–Kier alpha value is -0.0800. The van der Waals surface area contributed by atoms with Crippen LogP contribution >= 0.6 is 0 Å². The van der Waals surface area contributed by atoms with E-state index in [0.29, 0.717) is 12.5 Å². The molecule has 2 rings (SSSR count). The standard InChI is InChI=1S/C10H19NO/c12-8-9-4-1-2-5-10(9)11-6-3-7-11/h9-10,12H,1-8H2/t9?,10-/m0/s1. The highest BCUT2D eigenvalue weighted by Gasteiger charge is 2.31. The van der Waals surface area contributed by atoms with Gasteiger partial charge in [-0.3, -0.25) is 4.90 Å². The van der Waals surface area contributed by atoms with Crippen molar-refractivity contribution < 1.29 is 5.11 Å². The molecule has 12 heavy (non-hydrogen) atoms. The number of aliphatic hydroxyl groups excluding tert-OH is 1. The van der Waals surface area contributed by atoms with Gasteiger partial charge in [0.25, 0.3) is 0 Å². The molecule has 1 aliphatic heterocycles. The summed E-state index contributed by atoms with van der Waals surface area (Å²) in [5, 5.41) is 9.20. The monoisotopic (exact) mass is 169 g/mol. The molecule has 2 fully saturated rings. The van der Waals surface area contributed by atoms with Crippen molar-refractivity contribution in [3.05, 3.63) is 0 Å². The number of aliphatic hydroxyl groups is 1. The first-order valence-electron chi connectivity index (χ1n) is 5.26. The minimum Gasteiger partial charge on any atom is -0.396 e. The summed E-state index contributed by atoms with van der Waals surface area (Å²) in [4.78, 5) is 2.56. The highest BCUT2D eigenvalue weighted by atomic mass is 16.3. The highest BCUT2D eigenvalue weighted by Crippen LogP contribution is 2.30. The van der Waals surface area contributed by atoms with Gasteiger partial charge in [0.1, 0.15) is 0 Å². The van der Waals surface area contributed by atoms with E-state index in [-0.39, 0.29) is 0 Å². The molecule has 2 heteroatoms. The van der Waals surface area contributed by atoms with Crippen LogP contribution in [0.3, 0.4) is 0 Å². The van der Waals surface area contributed by atoms with Crippen LogP contribution in [-0.2, 0) is 0 Å². The van der Waals surface area contributed by atoms with E-state index >= 15 is 0 Å². The zero-order valence-electron chi connectivity index (χ0n) is 7.71. The first-order valence-corrected chi connectivity index (χ1v) is 5.26. The maximum atomic E-state index is 9.20. The number of rotatable bonds is 2. The van der Waals surface area contributed by atoms with Crippen LogP contribution in [0.4, 0.5) is 0 Å². The second-order valence-corrected chi connectivity index (χ2v) is 4.18. The third kappa shape index (κ3) is 1.50. The molecule has 1 unspecified atom stereocenters. The van der Waals surface area contributed by atoms with Crippen molar-refractivity contribution in [1.82, 2.24) is 4.90 Å².